The standard InChI is InChI=1S/C20H39NO2.C18H38O.C10H22O.C4H9NO.C2H6/c1-2-3-16-21(17-12-8-4-6-10-14-19-22)18-13-9-5-7-11-15-20-23;1-4-6-8-10-12-14-16-18(19-3)17-15-13-11-9-7-5-2;1-3-4-5-6-7-8-9-10-11-2;1-2-4(5)3-6;1-2/h19-20H,2-18H2,1H3;18H,4-17H2,1-3H3;3-10H2,1-2H3;2,6H,3,5H2,1H3;1-2H3/b;;;4-2-;. The summed E-state index contributed by atoms with van der Waals surface area (Å²) in [7, 11) is 3.66. The first kappa shape index (κ1) is 68.8. The summed E-state index contributed by atoms with van der Waals surface area (Å²) in [6.07, 6.45) is 49.4. The first-order valence-electron chi connectivity index (χ1n) is 26.5. The molecule has 0 atom stereocenters. The van der Waals surface area contributed by atoms with Crippen molar-refractivity contribution >= 4 is 12.6 Å². The third-order valence-corrected chi connectivity index (χ3v) is 11.0. The molecule has 0 aliphatic heterocycles. The molecule has 0 fully saturated rings. The van der Waals surface area contributed by atoms with E-state index >= 15 is 0 Å². The van der Waals surface area contributed by atoms with Crippen LogP contribution in [0.2, 0.25) is 0 Å². The summed E-state index contributed by atoms with van der Waals surface area (Å²) >= 11 is 0. The number of aliphatic hydroxyl groups is 1. The number of hydrogen-bond acceptors (Lipinski definition) is 7. The number of carbonyl (C=O) groups excluding carboxylic acids is 2. The molecule has 0 radical (unpaired) electrons. The van der Waals surface area contributed by atoms with E-state index in [1.165, 1.54) is 219 Å². The summed E-state index contributed by atoms with van der Waals surface area (Å²) in [4.78, 5) is 23.2. The summed E-state index contributed by atoms with van der Waals surface area (Å²) in [5.74, 6) is 0. The zero-order valence-corrected chi connectivity index (χ0v) is 43.2. The van der Waals surface area contributed by atoms with Gasteiger partial charge < -0.3 is 34.8 Å². The minimum absolute atomic E-state index is 0.0312. The molecular weight excluding hydrogens is 757 g/mol. The maximum Gasteiger partial charge on any atom is 0.119 e. The normalized spacial score (nSPS) is 10.9. The average Bonchev–Trinajstić information content (AvgIpc) is 3.29. The van der Waals surface area contributed by atoms with Crippen molar-refractivity contribution in [3.8, 4) is 0 Å². The Balaban J connectivity index is -0.000000246. The number of methoxy groups -OCH3 is 2. The minimum Gasteiger partial charge on any atom is -0.400 e. The Bertz CT molecular complexity index is 720. The molecule has 0 aliphatic carbocycles. The molecule has 7 heteroatoms. The number of rotatable bonds is 43. The van der Waals surface area contributed by atoms with Crippen LogP contribution in [0.4, 0.5) is 0 Å². The SMILES string of the molecule is C/C=C(\N)CO.CC.CCCCCCCCC(CCCCCCCC)OC.CCCCCCCCCOC.CCCCN(CCCCCCCC=O)CCCCCCCC=O. The zero-order chi connectivity index (χ0) is 46.6. The van der Waals surface area contributed by atoms with Gasteiger partial charge in [0, 0.05) is 39.4 Å². The molecule has 0 aliphatic rings. The lowest BCUT2D eigenvalue weighted by molar-refractivity contribution is -0.108. The molecule has 0 saturated heterocycles. The predicted molar refractivity (Wildman–Crippen MR) is 272 cm³/mol. The molecule has 0 rings (SSSR count). The molecule has 0 aromatic heterocycles. The van der Waals surface area contributed by atoms with E-state index in [1.807, 2.05) is 21.0 Å². The summed E-state index contributed by atoms with van der Waals surface area (Å²) in [5.41, 5.74) is 5.61. The highest BCUT2D eigenvalue weighted by Gasteiger charge is 2.07. The number of ether oxygens (including phenoxy) is 2. The van der Waals surface area contributed by atoms with Crippen molar-refractivity contribution in [1.29, 1.82) is 0 Å². The van der Waals surface area contributed by atoms with Crippen LogP contribution < -0.4 is 5.73 Å². The van der Waals surface area contributed by atoms with Gasteiger partial charge in [0.15, 0.2) is 0 Å². The van der Waals surface area contributed by atoms with Gasteiger partial charge in [-0.25, -0.2) is 0 Å². The van der Waals surface area contributed by atoms with Crippen LogP contribution in [0.3, 0.4) is 0 Å². The Morgan fingerprint density at radius 2 is 0.836 bits per heavy atom. The number of aliphatic hydroxyl groups excluding tert-OH is 1. The van der Waals surface area contributed by atoms with Crippen molar-refractivity contribution in [3.63, 3.8) is 0 Å². The average molecular weight is 872 g/mol. The maximum atomic E-state index is 10.3. The third kappa shape index (κ3) is 73.4. The number of nitrogens with zero attached hydrogens (tertiary/aromatic N) is 1. The molecular formula is C54H114N2O5. The smallest absolute Gasteiger partial charge is 0.119 e. The maximum absolute atomic E-state index is 10.3. The Hall–Kier alpha value is -1.28. The monoisotopic (exact) mass is 871 g/mol. The van der Waals surface area contributed by atoms with Gasteiger partial charge in [0.05, 0.1) is 12.7 Å². The van der Waals surface area contributed by atoms with Crippen LogP contribution in [-0.4, -0.2) is 75.8 Å². The quantitative estimate of drug-likeness (QED) is 0.0465. The van der Waals surface area contributed by atoms with E-state index in [9.17, 15) is 9.59 Å². The van der Waals surface area contributed by atoms with Crippen molar-refractivity contribution in [2.24, 2.45) is 5.73 Å². The van der Waals surface area contributed by atoms with Crippen LogP contribution in [0.25, 0.3) is 0 Å². The van der Waals surface area contributed by atoms with E-state index in [4.69, 9.17) is 20.3 Å². The predicted octanol–water partition coefficient (Wildman–Crippen LogP) is 15.9. The Labute approximate surface area is 384 Å². The van der Waals surface area contributed by atoms with Gasteiger partial charge >= 0.3 is 0 Å². The van der Waals surface area contributed by atoms with Gasteiger partial charge in [-0.2, -0.15) is 0 Å². The van der Waals surface area contributed by atoms with Crippen molar-refractivity contribution in [3.05, 3.63) is 11.8 Å². The molecule has 0 aromatic rings. The molecule has 0 heterocycles. The number of allylic oxidation sites excluding steroid dienone is 1. The number of nitrogens with two attached hydrogens (primary N) is 1. The molecule has 7 nitrogen and oxygen atoms in total. The van der Waals surface area contributed by atoms with E-state index in [1.54, 1.807) is 20.1 Å². The lowest BCUT2D eigenvalue weighted by atomic mass is 10.0. The van der Waals surface area contributed by atoms with E-state index < -0.39 is 0 Å². The van der Waals surface area contributed by atoms with E-state index in [0.29, 0.717) is 11.8 Å². The second-order valence-corrected chi connectivity index (χ2v) is 16.7. The van der Waals surface area contributed by atoms with Crippen molar-refractivity contribution in [2.45, 2.75) is 279 Å². The van der Waals surface area contributed by atoms with E-state index in [0.717, 1.165) is 44.9 Å². The number of aldehydes is 2. The molecule has 0 saturated carbocycles. The summed E-state index contributed by atoms with van der Waals surface area (Å²) in [6.45, 7) is 19.5. The molecule has 0 aromatic carbocycles. The first-order chi connectivity index (χ1) is 29.9. The van der Waals surface area contributed by atoms with Gasteiger partial charge in [-0.05, 0) is 77.9 Å². The second-order valence-electron chi connectivity index (χ2n) is 16.7. The van der Waals surface area contributed by atoms with Gasteiger partial charge in [0.2, 0.25) is 0 Å². The van der Waals surface area contributed by atoms with Crippen LogP contribution >= 0.6 is 0 Å². The third-order valence-electron chi connectivity index (χ3n) is 11.0. The van der Waals surface area contributed by atoms with Crippen LogP contribution in [0.15, 0.2) is 11.8 Å². The fraction of sp³-hybridized carbons (Fsp3) is 0.926. The van der Waals surface area contributed by atoms with Crippen molar-refractivity contribution < 1.29 is 24.2 Å². The summed E-state index contributed by atoms with van der Waals surface area (Å²) in [5, 5.41) is 8.14. The lowest BCUT2D eigenvalue weighted by Gasteiger charge is -2.22. The molecule has 0 amide bonds. The molecule has 0 unspecified atom stereocenters. The van der Waals surface area contributed by atoms with Crippen LogP contribution in [0, 0.1) is 0 Å². The number of unbranched alkanes of at least 4 members (excludes halogenated alkanes) is 27. The van der Waals surface area contributed by atoms with Crippen LogP contribution in [-0.2, 0) is 19.1 Å². The number of carbonyl (C=O) groups is 2. The molecule has 0 spiro atoms. The molecule has 61 heavy (non-hydrogen) atoms. The highest BCUT2D eigenvalue weighted by Crippen LogP contribution is 2.16. The van der Waals surface area contributed by atoms with Gasteiger partial charge in [-0.3, -0.25) is 0 Å². The van der Waals surface area contributed by atoms with Gasteiger partial charge in [0.1, 0.15) is 12.6 Å². The van der Waals surface area contributed by atoms with Crippen molar-refractivity contribution in [2.75, 3.05) is 47.1 Å². The minimum atomic E-state index is -0.0312. The number of hydrogen-bond donors (Lipinski definition) is 2. The topological polar surface area (TPSA) is 102 Å². The van der Waals surface area contributed by atoms with Gasteiger partial charge in [-0.1, -0.05) is 208 Å². The Kier molecular flexibility index (Phi) is 79.4. The summed E-state index contributed by atoms with van der Waals surface area (Å²) < 4.78 is 10.6. The molecule has 3 N–H and O–H groups in total. The fourth-order valence-electron chi connectivity index (χ4n) is 6.88. The second kappa shape index (κ2) is 70.4. The first-order valence-corrected chi connectivity index (χ1v) is 26.5. The van der Waals surface area contributed by atoms with Crippen LogP contribution in [0.5, 0.6) is 0 Å². The largest absolute Gasteiger partial charge is 0.400 e. The van der Waals surface area contributed by atoms with E-state index in [2.05, 4.69) is 32.6 Å². The van der Waals surface area contributed by atoms with Crippen LogP contribution in [0.1, 0.15) is 273 Å². The zero-order valence-electron chi connectivity index (χ0n) is 43.2. The van der Waals surface area contributed by atoms with Crippen molar-refractivity contribution in [1.82, 2.24) is 4.90 Å². The fourth-order valence-corrected chi connectivity index (χ4v) is 6.88. The Morgan fingerprint density at radius 3 is 1.15 bits per heavy atom. The highest BCUT2D eigenvalue weighted by molar-refractivity contribution is 5.49. The summed E-state index contributed by atoms with van der Waals surface area (Å²) in [6, 6.07) is 0. The lowest BCUT2D eigenvalue weighted by Crippen LogP contribution is -2.27. The molecule has 0 bridgehead atoms. The molecule has 370 valence electrons. The van der Waals surface area contributed by atoms with Gasteiger partial charge in [0.25, 0.3) is 0 Å². The Morgan fingerprint density at radius 1 is 0.508 bits per heavy atom. The van der Waals surface area contributed by atoms with E-state index in [-0.39, 0.29) is 6.61 Å². The van der Waals surface area contributed by atoms with Gasteiger partial charge in [-0.15, -0.1) is 0 Å². The highest BCUT2D eigenvalue weighted by atomic mass is 16.5.